The largest absolute Gasteiger partial charge is 0.573 e. The van der Waals surface area contributed by atoms with Crippen LogP contribution in [0.15, 0.2) is 52.0 Å². The highest BCUT2D eigenvalue weighted by molar-refractivity contribution is 7.89. The van der Waals surface area contributed by atoms with E-state index in [0.717, 1.165) is 12.1 Å². The van der Waals surface area contributed by atoms with Gasteiger partial charge in [0.1, 0.15) is 10.6 Å². The van der Waals surface area contributed by atoms with E-state index in [1.807, 2.05) is 0 Å². The molecule has 11 heteroatoms. The summed E-state index contributed by atoms with van der Waals surface area (Å²) in [5, 5.41) is 0. The molecule has 23 heavy (non-hydrogen) atoms. The Bertz CT molecular complexity index is 787. The van der Waals surface area contributed by atoms with Gasteiger partial charge in [-0.2, -0.15) is 0 Å². The van der Waals surface area contributed by atoms with Crippen molar-refractivity contribution in [2.24, 2.45) is 0 Å². The highest BCUT2D eigenvalue weighted by Crippen LogP contribution is 2.28. The van der Waals surface area contributed by atoms with Gasteiger partial charge in [0.25, 0.3) is 10.0 Å². The normalized spacial score (nSPS) is 12.0. The third-order valence-electron chi connectivity index (χ3n) is 2.41. The fraction of sp³-hybridized carbons (Fsp3) is 0.0833. The van der Waals surface area contributed by atoms with Crippen molar-refractivity contribution in [3.63, 3.8) is 0 Å². The summed E-state index contributed by atoms with van der Waals surface area (Å²) in [5.74, 6) is -2.04. The lowest BCUT2D eigenvalue weighted by Crippen LogP contribution is -2.41. The second-order valence-electron chi connectivity index (χ2n) is 4.03. The van der Waals surface area contributed by atoms with E-state index < -0.39 is 32.9 Å². The number of sulfonamides is 1. The van der Waals surface area contributed by atoms with E-state index in [0.29, 0.717) is 0 Å². The van der Waals surface area contributed by atoms with Gasteiger partial charge in [-0.25, -0.2) is 8.42 Å². The van der Waals surface area contributed by atoms with Gasteiger partial charge in [-0.05, 0) is 24.3 Å². The molecule has 0 atom stereocenters. The number of ether oxygens (including phenoxy) is 1. The van der Waals surface area contributed by atoms with Gasteiger partial charge in [-0.15, -0.1) is 18.0 Å². The zero-order valence-corrected chi connectivity index (χ0v) is 11.9. The Balaban J connectivity index is 2.18. The average molecular weight is 350 g/mol. The number of benzene rings is 1. The molecule has 0 aliphatic heterocycles. The molecule has 0 radical (unpaired) electrons. The Morgan fingerprint density at radius 1 is 1.13 bits per heavy atom. The summed E-state index contributed by atoms with van der Waals surface area (Å²) >= 11 is 0. The summed E-state index contributed by atoms with van der Waals surface area (Å²) in [6.07, 6.45) is -3.88. The van der Waals surface area contributed by atoms with Crippen LogP contribution in [-0.2, 0) is 10.0 Å². The second kappa shape index (κ2) is 6.30. The molecule has 2 N–H and O–H groups in total. The molecular formula is C12H9F3N2O5S. The van der Waals surface area contributed by atoms with E-state index in [1.54, 1.807) is 10.3 Å². The van der Waals surface area contributed by atoms with Crippen molar-refractivity contribution in [3.8, 4) is 5.75 Å². The first-order valence-corrected chi connectivity index (χ1v) is 7.38. The fourth-order valence-corrected chi connectivity index (χ4v) is 2.49. The van der Waals surface area contributed by atoms with Crippen molar-refractivity contribution in [1.82, 2.24) is 10.3 Å². The van der Waals surface area contributed by atoms with E-state index in [9.17, 15) is 26.4 Å². The van der Waals surface area contributed by atoms with Gasteiger partial charge in [-0.3, -0.25) is 10.2 Å². The van der Waals surface area contributed by atoms with Crippen LogP contribution >= 0.6 is 0 Å². The van der Waals surface area contributed by atoms with Crippen LogP contribution in [0.3, 0.4) is 0 Å². The fourth-order valence-electron chi connectivity index (χ4n) is 1.52. The predicted molar refractivity (Wildman–Crippen MR) is 69.6 cm³/mol. The SMILES string of the molecule is O=C(NNS(=O)(=O)c1ccccc1OC(F)(F)F)c1ccco1. The minimum absolute atomic E-state index is 0.187. The summed E-state index contributed by atoms with van der Waals surface area (Å²) in [6.45, 7) is 0. The highest BCUT2D eigenvalue weighted by Gasteiger charge is 2.34. The molecular weight excluding hydrogens is 341 g/mol. The van der Waals surface area contributed by atoms with Crippen molar-refractivity contribution in [2.45, 2.75) is 11.3 Å². The number of rotatable bonds is 5. The molecule has 0 unspecified atom stereocenters. The number of hydrazine groups is 1. The maximum absolute atomic E-state index is 12.3. The number of hydrogen-bond acceptors (Lipinski definition) is 5. The van der Waals surface area contributed by atoms with Gasteiger partial charge in [0.05, 0.1) is 6.26 Å². The molecule has 0 aliphatic carbocycles. The quantitative estimate of drug-likeness (QED) is 0.802. The molecule has 0 saturated carbocycles. The van der Waals surface area contributed by atoms with Crippen LogP contribution in [0.5, 0.6) is 5.75 Å². The van der Waals surface area contributed by atoms with Gasteiger partial charge in [0.15, 0.2) is 5.76 Å². The van der Waals surface area contributed by atoms with E-state index in [-0.39, 0.29) is 5.76 Å². The van der Waals surface area contributed by atoms with E-state index >= 15 is 0 Å². The van der Waals surface area contributed by atoms with E-state index in [4.69, 9.17) is 4.42 Å². The van der Waals surface area contributed by atoms with Crippen molar-refractivity contribution in [3.05, 3.63) is 48.4 Å². The van der Waals surface area contributed by atoms with Crippen molar-refractivity contribution in [2.75, 3.05) is 0 Å². The maximum atomic E-state index is 12.3. The number of hydrogen-bond donors (Lipinski definition) is 2. The second-order valence-corrected chi connectivity index (χ2v) is 5.68. The molecule has 7 nitrogen and oxygen atoms in total. The Morgan fingerprint density at radius 3 is 2.43 bits per heavy atom. The van der Waals surface area contributed by atoms with Crippen LogP contribution in [0.1, 0.15) is 10.6 Å². The first kappa shape index (κ1) is 16.8. The minimum Gasteiger partial charge on any atom is -0.459 e. The van der Waals surface area contributed by atoms with E-state index in [2.05, 4.69) is 4.74 Å². The maximum Gasteiger partial charge on any atom is 0.573 e. The molecule has 2 rings (SSSR count). The average Bonchev–Trinajstić information content (AvgIpc) is 2.98. The summed E-state index contributed by atoms with van der Waals surface area (Å²) < 4.78 is 69.3. The minimum atomic E-state index is -5.07. The molecule has 1 heterocycles. The third kappa shape index (κ3) is 4.47. The van der Waals surface area contributed by atoms with Gasteiger partial charge in [-0.1, -0.05) is 12.1 Å². The highest BCUT2D eigenvalue weighted by atomic mass is 32.2. The number of halogens is 3. The zero-order valence-electron chi connectivity index (χ0n) is 11.1. The van der Waals surface area contributed by atoms with Gasteiger partial charge < -0.3 is 9.15 Å². The van der Waals surface area contributed by atoms with Crippen molar-refractivity contribution >= 4 is 15.9 Å². The molecule has 1 aromatic carbocycles. The lowest BCUT2D eigenvalue weighted by Gasteiger charge is -2.14. The van der Waals surface area contributed by atoms with Gasteiger partial charge in [0, 0.05) is 0 Å². The number of alkyl halides is 3. The smallest absolute Gasteiger partial charge is 0.459 e. The van der Waals surface area contributed by atoms with Crippen LogP contribution in [-0.4, -0.2) is 20.7 Å². The lowest BCUT2D eigenvalue weighted by molar-refractivity contribution is -0.275. The van der Waals surface area contributed by atoms with Crippen LogP contribution in [0.4, 0.5) is 13.2 Å². The lowest BCUT2D eigenvalue weighted by atomic mass is 10.3. The molecule has 2 aromatic rings. The van der Waals surface area contributed by atoms with Crippen LogP contribution in [0, 0.1) is 0 Å². The molecule has 0 saturated heterocycles. The van der Waals surface area contributed by atoms with Crippen molar-refractivity contribution in [1.29, 1.82) is 0 Å². The monoisotopic (exact) mass is 350 g/mol. The molecule has 0 fully saturated rings. The Kier molecular flexibility index (Phi) is 4.61. The molecule has 0 aliphatic rings. The topological polar surface area (TPSA) is 97.6 Å². The Hall–Kier alpha value is -2.53. The molecule has 1 amide bonds. The number of amides is 1. The van der Waals surface area contributed by atoms with Crippen LogP contribution in [0.25, 0.3) is 0 Å². The molecule has 1 aromatic heterocycles. The molecule has 124 valence electrons. The van der Waals surface area contributed by atoms with Crippen molar-refractivity contribution < 1.29 is 35.5 Å². The first-order chi connectivity index (χ1) is 10.7. The number of furan rings is 1. The Morgan fingerprint density at radius 2 is 1.83 bits per heavy atom. The van der Waals surface area contributed by atoms with E-state index in [1.165, 1.54) is 30.5 Å². The van der Waals surface area contributed by atoms with Gasteiger partial charge in [0.2, 0.25) is 0 Å². The Labute approximate surface area is 128 Å². The zero-order chi connectivity index (χ0) is 17.1. The number of carbonyl (C=O) groups excluding carboxylic acids is 1. The standard InChI is InChI=1S/C12H9F3N2O5S/c13-12(14,15)22-8-4-1-2-6-10(8)23(19,20)17-16-11(18)9-5-3-7-21-9/h1-7,17H,(H,16,18). The third-order valence-corrected chi connectivity index (χ3v) is 3.70. The number of para-hydroxylation sites is 1. The molecule has 0 bridgehead atoms. The first-order valence-electron chi connectivity index (χ1n) is 5.89. The van der Waals surface area contributed by atoms with Crippen LogP contribution in [0.2, 0.25) is 0 Å². The summed E-state index contributed by atoms with van der Waals surface area (Å²) in [5.41, 5.74) is 1.81. The predicted octanol–water partition coefficient (Wildman–Crippen LogP) is 1.80. The van der Waals surface area contributed by atoms with Gasteiger partial charge >= 0.3 is 12.3 Å². The number of carbonyl (C=O) groups is 1. The summed E-state index contributed by atoms with van der Waals surface area (Å²) in [7, 11) is -4.50. The summed E-state index contributed by atoms with van der Waals surface area (Å²) in [4.78, 5) is 12.4. The molecule has 0 spiro atoms. The summed E-state index contributed by atoms with van der Waals surface area (Å²) in [6, 6.07) is 6.76. The van der Waals surface area contributed by atoms with Crippen LogP contribution < -0.4 is 15.0 Å². The number of nitrogens with one attached hydrogen (secondary N) is 2.